The lowest BCUT2D eigenvalue weighted by molar-refractivity contribution is -0.161. The summed E-state index contributed by atoms with van der Waals surface area (Å²) in [7, 11) is -4.61. The second-order valence-corrected chi connectivity index (χ2v) is 14.4. The summed E-state index contributed by atoms with van der Waals surface area (Å²) in [6.07, 6.45) is 31.4. The minimum atomic E-state index is -4.61. The number of rotatable bonds is 36. The Morgan fingerprint density at radius 3 is 1.47 bits per heavy atom. The summed E-state index contributed by atoms with van der Waals surface area (Å²) in [6.45, 7) is 2.31. The van der Waals surface area contributed by atoms with E-state index in [4.69, 9.17) is 19.1 Å². The first-order chi connectivity index (χ1) is 23.7. The Hall–Kier alpha value is -1.55. The molecule has 0 amide bonds. The molecule has 0 radical (unpaired) electrons. The summed E-state index contributed by atoms with van der Waals surface area (Å²) >= 11 is 0. The molecule has 0 aromatic heterocycles. The third kappa shape index (κ3) is 34.7. The molecule has 0 rings (SSSR count). The van der Waals surface area contributed by atoms with Crippen LogP contribution < -0.4 is 0 Å². The molecule has 0 spiro atoms. The van der Waals surface area contributed by atoms with Crippen LogP contribution in [0.3, 0.4) is 0 Å². The molecule has 0 aliphatic heterocycles. The molecule has 1 unspecified atom stereocenters. The lowest BCUT2D eigenvalue weighted by atomic mass is 10.1. The van der Waals surface area contributed by atoms with Gasteiger partial charge in [0, 0.05) is 12.8 Å². The first-order valence-corrected chi connectivity index (χ1v) is 20.8. The van der Waals surface area contributed by atoms with E-state index in [1.54, 1.807) is 0 Å². The zero-order valence-corrected chi connectivity index (χ0v) is 31.8. The highest BCUT2D eigenvalue weighted by molar-refractivity contribution is 7.47. The molecule has 3 atom stereocenters. The van der Waals surface area contributed by atoms with E-state index in [0.717, 1.165) is 77.0 Å². The molecule has 0 aliphatic carbocycles. The third-order valence-electron chi connectivity index (χ3n) is 8.08. The molecule has 0 fully saturated rings. The molecular formula is C38H71O10P. The number of carbonyl (C=O) groups is 2. The van der Waals surface area contributed by atoms with Gasteiger partial charge in [0.05, 0.1) is 19.8 Å². The van der Waals surface area contributed by atoms with Crippen LogP contribution in [0.25, 0.3) is 0 Å². The van der Waals surface area contributed by atoms with Crippen molar-refractivity contribution in [2.75, 3.05) is 26.4 Å². The van der Waals surface area contributed by atoms with Gasteiger partial charge in [-0.2, -0.15) is 0 Å². The van der Waals surface area contributed by atoms with Gasteiger partial charge in [-0.25, -0.2) is 4.57 Å². The summed E-state index contributed by atoms with van der Waals surface area (Å²) in [5.41, 5.74) is 0. The number of esters is 2. The van der Waals surface area contributed by atoms with E-state index >= 15 is 0 Å². The first kappa shape index (κ1) is 47.4. The van der Waals surface area contributed by atoms with Gasteiger partial charge in [0.2, 0.25) is 0 Å². The second-order valence-electron chi connectivity index (χ2n) is 12.9. The van der Waals surface area contributed by atoms with Crippen molar-refractivity contribution < 1.29 is 47.8 Å². The summed E-state index contributed by atoms with van der Waals surface area (Å²) in [5, 5.41) is 18.3. The van der Waals surface area contributed by atoms with Crippen LogP contribution in [0.5, 0.6) is 0 Å². The highest BCUT2D eigenvalue weighted by Crippen LogP contribution is 2.43. The number of aliphatic hydroxyl groups is 2. The maximum absolute atomic E-state index is 12.5. The molecule has 0 aromatic carbocycles. The zero-order valence-electron chi connectivity index (χ0n) is 30.9. The molecule has 10 nitrogen and oxygen atoms in total. The van der Waals surface area contributed by atoms with Crippen molar-refractivity contribution in [3.63, 3.8) is 0 Å². The predicted molar refractivity (Wildman–Crippen MR) is 196 cm³/mol. The first-order valence-electron chi connectivity index (χ1n) is 19.3. The van der Waals surface area contributed by atoms with Gasteiger partial charge in [-0.3, -0.25) is 18.6 Å². The Kier molecular flexibility index (Phi) is 33.8. The van der Waals surface area contributed by atoms with Crippen molar-refractivity contribution in [1.29, 1.82) is 0 Å². The van der Waals surface area contributed by atoms with Gasteiger partial charge in [0.15, 0.2) is 6.10 Å². The summed E-state index contributed by atoms with van der Waals surface area (Å²) in [6, 6.07) is 0. The van der Waals surface area contributed by atoms with E-state index in [1.807, 2.05) is 0 Å². The van der Waals surface area contributed by atoms with Crippen molar-refractivity contribution in [3.05, 3.63) is 24.3 Å². The van der Waals surface area contributed by atoms with Gasteiger partial charge in [0.1, 0.15) is 12.7 Å². The standard InChI is InChI=1S/C38H71O10P/c1-3-5-7-9-11-13-15-17-19-21-23-25-27-29-37(41)45-33-36(34-47-49(43,44)46-32-35(40)31-39)48-38(42)30-28-26-24-22-20-18-16-14-12-10-8-6-4-2/h13-16,35-36,39-40H,3-12,17-34H2,1-2H3,(H,43,44)/b15-13+,16-14+/t35-,36+/m0/s1. The van der Waals surface area contributed by atoms with Gasteiger partial charge in [-0.1, -0.05) is 115 Å². The monoisotopic (exact) mass is 718 g/mol. The fraction of sp³-hybridized carbons (Fsp3) is 0.842. The van der Waals surface area contributed by atoms with E-state index < -0.39 is 51.8 Å². The predicted octanol–water partition coefficient (Wildman–Crippen LogP) is 9.44. The van der Waals surface area contributed by atoms with E-state index in [0.29, 0.717) is 12.8 Å². The average molecular weight is 719 g/mol. The molecule has 0 heterocycles. The van der Waals surface area contributed by atoms with Crippen LogP contribution in [-0.2, 0) is 32.7 Å². The van der Waals surface area contributed by atoms with Crippen LogP contribution in [0.2, 0.25) is 0 Å². The smallest absolute Gasteiger partial charge is 0.462 e. The van der Waals surface area contributed by atoms with E-state index in [1.165, 1.54) is 51.4 Å². The Morgan fingerprint density at radius 2 is 1.00 bits per heavy atom. The summed E-state index contributed by atoms with van der Waals surface area (Å²) in [4.78, 5) is 34.8. The molecule has 288 valence electrons. The van der Waals surface area contributed by atoms with Gasteiger partial charge in [0.25, 0.3) is 0 Å². The third-order valence-corrected chi connectivity index (χ3v) is 9.03. The number of ether oxygens (including phenoxy) is 2. The highest BCUT2D eigenvalue weighted by Gasteiger charge is 2.27. The summed E-state index contributed by atoms with van der Waals surface area (Å²) in [5.74, 6) is -0.945. The van der Waals surface area contributed by atoms with Gasteiger partial charge in [-0.05, 0) is 64.2 Å². The molecule has 0 saturated carbocycles. The number of hydrogen-bond donors (Lipinski definition) is 3. The minimum Gasteiger partial charge on any atom is -0.462 e. The van der Waals surface area contributed by atoms with Crippen molar-refractivity contribution >= 4 is 19.8 Å². The van der Waals surface area contributed by atoms with Gasteiger partial charge < -0.3 is 24.6 Å². The minimum absolute atomic E-state index is 0.173. The zero-order chi connectivity index (χ0) is 36.3. The Bertz CT molecular complexity index is 879. The number of aliphatic hydroxyl groups excluding tert-OH is 2. The maximum atomic E-state index is 12.5. The Balaban J connectivity index is 4.39. The van der Waals surface area contributed by atoms with Crippen LogP contribution in [0.15, 0.2) is 24.3 Å². The van der Waals surface area contributed by atoms with Crippen molar-refractivity contribution in [2.45, 2.75) is 180 Å². The van der Waals surface area contributed by atoms with E-state index in [9.17, 15) is 24.2 Å². The number of hydrogen-bond acceptors (Lipinski definition) is 9. The highest BCUT2D eigenvalue weighted by atomic mass is 31.2. The van der Waals surface area contributed by atoms with Gasteiger partial charge in [-0.15, -0.1) is 0 Å². The molecule has 0 bridgehead atoms. The maximum Gasteiger partial charge on any atom is 0.472 e. The number of allylic oxidation sites excluding steroid dienone is 4. The molecule has 0 aliphatic rings. The normalized spacial score (nSPS) is 14.3. The molecule has 0 aromatic rings. The largest absolute Gasteiger partial charge is 0.472 e. The van der Waals surface area contributed by atoms with Crippen LogP contribution in [0.1, 0.15) is 168 Å². The quantitative estimate of drug-likeness (QED) is 0.0248. The van der Waals surface area contributed by atoms with Crippen molar-refractivity contribution in [3.8, 4) is 0 Å². The van der Waals surface area contributed by atoms with Crippen LogP contribution in [-0.4, -0.2) is 65.7 Å². The number of unbranched alkanes of at least 4 members (excludes halogenated alkanes) is 18. The van der Waals surface area contributed by atoms with Crippen LogP contribution >= 0.6 is 7.82 Å². The van der Waals surface area contributed by atoms with E-state index in [-0.39, 0.29) is 19.4 Å². The fourth-order valence-corrected chi connectivity index (χ4v) is 5.83. The molecule has 0 saturated heterocycles. The Morgan fingerprint density at radius 1 is 0.592 bits per heavy atom. The number of phosphoric acid groups is 1. The average Bonchev–Trinajstić information content (AvgIpc) is 3.09. The SMILES string of the molecule is CCCCCC/C=C/CCCCCCCC(=O)OC[C@H](COP(=O)(O)OC[C@@H](O)CO)OC(=O)CCCCCCC/C=C/CCCCCC. The van der Waals surface area contributed by atoms with Crippen LogP contribution in [0, 0.1) is 0 Å². The van der Waals surface area contributed by atoms with E-state index in [2.05, 4.69) is 42.7 Å². The summed E-state index contributed by atoms with van der Waals surface area (Å²) < 4.78 is 32.6. The Labute approximate surface area is 298 Å². The molecule has 49 heavy (non-hydrogen) atoms. The molecule has 3 N–H and O–H groups in total. The fourth-order valence-electron chi connectivity index (χ4n) is 5.04. The van der Waals surface area contributed by atoms with Gasteiger partial charge >= 0.3 is 19.8 Å². The lowest BCUT2D eigenvalue weighted by Gasteiger charge is -2.20. The topological polar surface area (TPSA) is 149 Å². The molecular weight excluding hydrogens is 647 g/mol. The van der Waals surface area contributed by atoms with Crippen molar-refractivity contribution in [2.24, 2.45) is 0 Å². The lowest BCUT2D eigenvalue weighted by Crippen LogP contribution is -2.29. The molecule has 11 heteroatoms. The van der Waals surface area contributed by atoms with Crippen molar-refractivity contribution in [1.82, 2.24) is 0 Å². The second kappa shape index (κ2) is 34.9. The number of phosphoric ester groups is 1. The van der Waals surface area contributed by atoms with Crippen LogP contribution in [0.4, 0.5) is 0 Å². The number of carbonyl (C=O) groups excluding carboxylic acids is 2.